The van der Waals surface area contributed by atoms with E-state index in [2.05, 4.69) is 10.6 Å². The number of carbonyl (C=O) groups excluding carboxylic acids is 4. The number of rotatable bonds is 6. The molecule has 0 aromatic carbocycles. The maximum Gasteiger partial charge on any atom is 0.207 e. The van der Waals surface area contributed by atoms with Crippen LogP contribution < -0.4 is 10.6 Å². The largest absolute Gasteiger partial charge is 0.352 e. The minimum Gasteiger partial charge on any atom is -0.352 e. The Labute approximate surface area is 90.4 Å². The maximum absolute atomic E-state index is 9.67. The second-order valence-electron chi connectivity index (χ2n) is 1.90. The zero-order valence-corrected chi connectivity index (χ0v) is 7.23. The van der Waals surface area contributed by atoms with Crippen LogP contribution in [-0.2, 0) is 19.2 Å². The molecule has 1 atom stereocenters. The van der Waals surface area contributed by atoms with Gasteiger partial charge in [-0.2, -0.15) is 0 Å². The van der Waals surface area contributed by atoms with Crippen molar-refractivity contribution < 1.29 is 19.2 Å². The normalized spacial score (nSPS) is 8.33. The molecule has 0 saturated carbocycles. The summed E-state index contributed by atoms with van der Waals surface area (Å²) in [6.07, 6.45) is 2.26. The highest BCUT2D eigenvalue weighted by Crippen LogP contribution is 1.65. The maximum atomic E-state index is 9.67. The molecular formula is C9H20N2O4. The van der Waals surface area contributed by atoms with Crippen molar-refractivity contribution in [3.63, 3.8) is 0 Å². The topological polar surface area (TPSA) is 92.3 Å². The zero-order valence-electron chi connectivity index (χ0n) is 7.23. The summed E-state index contributed by atoms with van der Waals surface area (Å²) in [5.74, 6) is 0. The Kier molecular flexibility index (Phi) is 35.3. The lowest BCUT2D eigenvalue weighted by atomic mass is 10.4. The minimum absolute atomic E-state index is 0. The summed E-state index contributed by atoms with van der Waals surface area (Å²) in [5.41, 5.74) is 0. The molecule has 6 heteroatoms. The van der Waals surface area contributed by atoms with Crippen molar-refractivity contribution in [2.45, 2.75) is 27.8 Å². The third-order valence-electron chi connectivity index (χ3n) is 0.820. The quantitative estimate of drug-likeness (QED) is 0.467. The summed E-state index contributed by atoms with van der Waals surface area (Å²) < 4.78 is 0. The minimum atomic E-state index is -0.350. The molecule has 0 radical (unpaired) electrons. The SMILES string of the molecule is C.C.CC(C=O)NC=O.O=CCNC=O. The van der Waals surface area contributed by atoms with E-state index in [0.29, 0.717) is 25.4 Å². The van der Waals surface area contributed by atoms with Gasteiger partial charge in [-0.25, -0.2) is 0 Å². The smallest absolute Gasteiger partial charge is 0.207 e. The third kappa shape index (κ3) is 32.9. The number of amides is 2. The first kappa shape index (κ1) is 23.3. The molecule has 0 aliphatic carbocycles. The summed E-state index contributed by atoms with van der Waals surface area (Å²) in [7, 11) is 0. The second-order valence-corrected chi connectivity index (χ2v) is 1.90. The molecule has 0 fully saturated rings. The van der Waals surface area contributed by atoms with Gasteiger partial charge < -0.3 is 20.2 Å². The molecule has 0 saturated heterocycles. The summed E-state index contributed by atoms with van der Waals surface area (Å²) in [6, 6.07) is -0.350. The molecule has 0 aromatic rings. The van der Waals surface area contributed by atoms with Crippen LogP contribution in [0.15, 0.2) is 0 Å². The van der Waals surface area contributed by atoms with Gasteiger partial charge in [-0.3, -0.25) is 9.59 Å². The van der Waals surface area contributed by atoms with Gasteiger partial charge in [0, 0.05) is 0 Å². The summed E-state index contributed by atoms with van der Waals surface area (Å²) >= 11 is 0. The molecule has 90 valence electrons. The molecule has 15 heavy (non-hydrogen) atoms. The first-order valence-electron chi connectivity index (χ1n) is 3.48. The van der Waals surface area contributed by atoms with Crippen molar-refractivity contribution in [1.82, 2.24) is 10.6 Å². The Morgan fingerprint density at radius 2 is 1.60 bits per heavy atom. The van der Waals surface area contributed by atoms with E-state index in [4.69, 9.17) is 0 Å². The number of nitrogens with one attached hydrogen (secondary N) is 2. The highest BCUT2D eigenvalue weighted by atomic mass is 16.1. The van der Waals surface area contributed by atoms with Gasteiger partial charge in [-0.05, 0) is 6.92 Å². The zero-order chi connectivity index (χ0) is 10.5. The van der Waals surface area contributed by atoms with E-state index in [0.717, 1.165) is 0 Å². The molecule has 1 unspecified atom stereocenters. The summed E-state index contributed by atoms with van der Waals surface area (Å²) in [6.45, 7) is 1.71. The first-order valence-corrected chi connectivity index (χ1v) is 3.48. The van der Waals surface area contributed by atoms with Crippen LogP contribution in [0.2, 0.25) is 0 Å². The van der Waals surface area contributed by atoms with Gasteiger partial charge in [0.2, 0.25) is 12.8 Å². The second kappa shape index (κ2) is 22.8. The molecule has 0 aliphatic rings. The lowest BCUT2D eigenvalue weighted by molar-refractivity contribution is -0.114. The Hall–Kier alpha value is -1.72. The van der Waals surface area contributed by atoms with Crippen LogP contribution in [0, 0.1) is 0 Å². The van der Waals surface area contributed by atoms with E-state index in [1.54, 1.807) is 6.92 Å². The van der Waals surface area contributed by atoms with Gasteiger partial charge in [0.1, 0.15) is 12.6 Å². The van der Waals surface area contributed by atoms with E-state index in [-0.39, 0.29) is 27.4 Å². The van der Waals surface area contributed by atoms with Crippen molar-refractivity contribution in [2.75, 3.05) is 6.54 Å². The molecular weight excluding hydrogens is 200 g/mol. The predicted molar refractivity (Wildman–Crippen MR) is 58.3 cm³/mol. The Bertz CT molecular complexity index is 154. The van der Waals surface area contributed by atoms with Crippen molar-refractivity contribution in [2.24, 2.45) is 0 Å². The summed E-state index contributed by atoms with van der Waals surface area (Å²) in [5, 5.41) is 4.40. The monoisotopic (exact) mass is 220 g/mol. The van der Waals surface area contributed by atoms with E-state index in [1.807, 2.05) is 0 Å². The Morgan fingerprint density at radius 3 is 1.73 bits per heavy atom. The average Bonchev–Trinajstić information content (AvgIpc) is 2.16. The average molecular weight is 220 g/mol. The molecule has 0 aromatic heterocycles. The van der Waals surface area contributed by atoms with Crippen molar-refractivity contribution in [1.29, 1.82) is 0 Å². The Balaban J connectivity index is -0.0000000718. The Morgan fingerprint density at radius 1 is 1.07 bits per heavy atom. The van der Waals surface area contributed by atoms with Crippen LogP contribution in [0.1, 0.15) is 21.8 Å². The molecule has 0 heterocycles. The number of carbonyl (C=O) groups is 4. The summed E-state index contributed by atoms with van der Waals surface area (Å²) in [4.78, 5) is 37.8. The van der Waals surface area contributed by atoms with E-state index < -0.39 is 0 Å². The van der Waals surface area contributed by atoms with Crippen molar-refractivity contribution in [3.05, 3.63) is 0 Å². The number of aldehydes is 2. The van der Waals surface area contributed by atoms with Crippen LogP contribution >= 0.6 is 0 Å². The molecule has 0 bridgehead atoms. The van der Waals surface area contributed by atoms with Crippen molar-refractivity contribution >= 4 is 25.4 Å². The lowest BCUT2D eigenvalue weighted by Gasteiger charge is -1.95. The van der Waals surface area contributed by atoms with Gasteiger partial charge >= 0.3 is 0 Å². The van der Waals surface area contributed by atoms with Crippen LogP contribution in [0.3, 0.4) is 0 Å². The predicted octanol–water partition coefficient (Wildman–Crippen LogP) is -0.477. The fraction of sp³-hybridized carbons (Fsp3) is 0.556. The van der Waals surface area contributed by atoms with Crippen LogP contribution in [0.4, 0.5) is 0 Å². The van der Waals surface area contributed by atoms with Gasteiger partial charge in [0.25, 0.3) is 0 Å². The van der Waals surface area contributed by atoms with Gasteiger partial charge in [-0.15, -0.1) is 0 Å². The first-order chi connectivity index (χ1) is 6.22. The van der Waals surface area contributed by atoms with E-state index in [9.17, 15) is 19.2 Å². The van der Waals surface area contributed by atoms with Crippen LogP contribution in [0.25, 0.3) is 0 Å². The standard InChI is InChI=1S/C4H7NO2.C3H5NO2.2CH4/c1-4(2-6)5-3-7;5-2-1-4-3-6;;/h2-4H,1H3,(H,5,7);2-3H,1H2,(H,4,6);2*1H4. The molecule has 2 N–H and O–H groups in total. The fourth-order valence-electron chi connectivity index (χ4n) is 0.243. The fourth-order valence-corrected chi connectivity index (χ4v) is 0.243. The molecule has 0 spiro atoms. The van der Waals surface area contributed by atoms with Gasteiger partial charge in [-0.1, -0.05) is 14.9 Å². The van der Waals surface area contributed by atoms with E-state index >= 15 is 0 Å². The van der Waals surface area contributed by atoms with Gasteiger partial charge in [0.15, 0.2) is 0 Å². The van der Waals surface area contributed by atoms with Crippen molar-refractivity contribution in [3.8, 4) is 0 Å². The number of hydrogen-bond donors (Lipinski definition) is 2. The highest BCUT2D eigenvalue weighted by Gasteiger charge is 1.90. The van der Waals surface area contributed by atoms with Crippen LogP contribution in [0.5, 0.6) is 0 Å². The molecule has 0 rings (SSSR count). The number of hydrogen-bond acceptors (Lipinski definition) is 4. The molecule has 2 amide bonds. The van der Waals surface area contributed by atoms with Crippen LogP contribution in [-0.4, -0.2) is 38.0 Å². The van der Waals surface area contributed by atoms with E-state index in [1.165, 1.54) is 0 Å². The van der Waals surface area contributed by atoms with Gasteiger partial charge in [0.05, 0.1) is 12.6 Å². The highest BCUT2D eigenvalue weighted by molar-refractivity contribution is 5.62. The molecule has 0 aliphatic heterocycles. The third-order valence-corrected chi connectivity index (χ3v) is 0.820. The lowest BCUT2D eigenvalue weighted by Crippen LogP contribution is -2.24. The molecule has 6 nitrogen and oxygen atoms in total.